The number of hydrogen-bond acceptors (Lipinski definition) is 8. The molecular weight excluding hydrogens is 614 g/mol. The lowest BCUT2D eigenvalue weighted by atomic mass is 9.97. The molecule has 0 saturated carbocycles. The van der Waals surface area contributed by atoms with Crippen LogP contribution in [0.3, 0.4) is 0 Å². The number of nitrogens with zero attached hydrogens (tertiary/aromatic N) is 6. The topological polar surface area (TPSA) is 106 Å². The summed E-state index contributed by atoms with van der Waals surface area (Å²) in [5, 5.41) is 3.90. The standard InChI is InChI=1S/C29H39Cl2FN8O2S/c1-4-5-24-18-39(12-13-40(24)23-8-10-38(11-9-23)17-20-6-7-21(30)14-26(20)32)29-25(31)15-22(16-33-29)35-28-27(34-19(2)3)36-43(41,42)37-28/h6-7,14-16,19,23-24H,4-5,8-13,17-18H2,1-3H3,(H,34,36)(H,35,37)/t24-/m0/s1. The lowest BCUT2D eigenvalue weighted by molar-refractivity contribution is 0.0587. The maximum Gasteiger partial charge on any atom is 0.345 e. The summed E-state index contributed by atoms with van der Waals surface area (Å²) in [4.78, 5) is 16.2. The third-order valence-corrected chi connectivity index (χ3v) is 9.41. The van der Waals surface area contributed by atoms with Gasteiger partial charge in [0, 0.05) is 54.9 Å². The summed E-state index contributed by atoms with van der Waals surface area (Å²) in [6.07, 6.45) is 5.88. The van der Waals surface area contributed by atoms with Gasteiger partial charge in [-0.3, -0.25) is 14.8 Å². The first-order valence-electron chi connectivity index (χ1n) is 14.8. The van der Waals surface area contributed by atoms with Gasteiger partial charge in [-0.1, -0.05) is 42.6 Å². The third kappa shape index (κ3) is 7.96. The summed E-state index contributed by atoms with van der Waals surface area (Å²) in [5.74, 6) is 0.742. The molecule has 1 atom stereocenters. The van der Waals surface area contributed by atoms with Crippen molar-refractivity contribution in [1.29, 1.82) is 0 Å². The van der Waals surface area contributed by atoms with E-state index in [2.05, 4.69) is 46.0 Å². The minimum Gasteiger partial charge on any atom is -0.353 e. The highest BCUT2D eigenvalue weighted by Gasteiger charge is 2.34. The number of rotatable bonds is 8. The van der Waals surface area contributed by atoms with Gasteiger partial charge in [-0.15, -0.1) is 4.40 Å². The molecule has 43 heavy (non-hydrogen) atoms. The molecule has 0 aliphatic carbocycles. The zero-order chi connectivity index (χ0) is 30.7. The number of pyridine rings is 1. The van der Waals surface area contributed by atoms with E-state index in [9.17, 15) is 12.8 Å². The van der Waals surface area contributed by atoms with E-state index in [4.69, 9.17) is 23.2 Å². The molecule has 2 fully saturated rings. The number of amidine groups is 2. The highest BCUT2D eigenvalue weighted by atomic mass is 35.5. The van der Waals surface area contributed by atoms with Crippen molar-refractivity contribution in [3.05, 3.63) is 51.9 Å². The molecule has 1 aromatic carbocycles. The molecular formula is C29H39Cl2FN8O2S. The van der Waals surface area contributed by atoms with Crippen LogP contribution in [0.2, 0.25) is 10.0 Å². The van der Waals surface area contributed by atoms with Gasteiger partial charge in [0.2, 0.25) is 0 Å². The minimum absolute atomic E-state index is 0.111. The summed E-state index contributed by atoms with van der Waals surface area (Å²) in [6, 6.07) is 7.40. The Hall–Kier alpha value is -2.51. The van der Waals surface area contributed by atoms with Crippen molar-refractivity contribution in [3.63, 3.8) is 0 Å². The molecule has 0 spiro atoms. The number of benzene rings is 1. The van der Waals surface area contributed by atoms with E-state index in [1.54, 1.807) is 24.4 Å². The van der Waals surface area contributed by atoms with Gasteiger partial charge in [0.05, 0.1) is 16.9 Å². The van der Waals surface area contributed by atoms with Crippen LogP contribution in [0, 0.1) is 5.82 Å². The highest BCUT2D eigenvalue weighted by Crippen LogP contribution is 2.31. The molecule has 0 amide bonds. The second-order valence-electron chi connectivity index (χ2n) is 11.6. The van der Waals surface area contributed by atoms with E-state index < -0.39 is 10.2 Å². The molecule has 0 bridgehead atoms. The summed E-state index contributed by atoms with van der Waals surface area (Å²) in [7, 11) is -3.84. The monoisotopic (exact) mass is 652 g/mol. The lowest BCUT2D eigenvalue weighted by Gasteiger charge is -2.48. The van der Waals surface area contributed by atoms with Crippen molar-refractivity contribution in [2.75, 3.05) is 42.9 Å². The Bertz CT molecular complexity index is 1480. The zero-order valence-electron chi connectivity index (χ0n) is 24.7. The summed E-state index contributed by atoms with van der Waals surface area (Å²) < 4.78 is 44.4. The van der Waals surface area contributed by atoms with Gasteiger partial charge < -0.3 is 10.2 Å². The first kappa shape index (κ1) is 31.9. The normalized spacial score (nSPS) is 22.7. The van der Waals surface area contributed by atoms with Crippen molar-refractivity contribution >= 4 is 56.6 Å². The lowest BCUT2D eigenvalue weighted by Crippen LogP contribution is -2.58. The van der Waals surface area contributed by atoms with Crippen molar-refractivity contribution in [1.82, 2.24) is 19.5 Å². The Balaban J connectivity index is 1.21. The van der Waals surface area contributed by atoms with Crippen LogP contribution in [-0.4, -0.2) is 85.7 Å². The van der Waals surface area contributed by atoms with Gasteiger partial charge in [0.1, 0.15) is 11.6 Å². The molecule has 0 unspecified atom stereocenters. The van der Waals surface area contributed by atoms with Crippen LogP contribution in [-0.2, 0) is 16.8 Å². The van der Waals surface area contributed by atoms with Gasteiger partial charge in [-0.05, 0) is 64.4 Å². The highest BCUT2D eigenvalue weighted by molar-refractivity contribution is 7.89. The number of hydrogen-bond donors (Lipinski definition) is 2. The van der Waals surface area contributed by atoms with E-state index in [0.29, 0.717) is 45.7 Å². The first-order chi connectivity index (χ1) is 20.5. The largest absolute Gasteiger partial charge is 0.353 e. The van der Waals surface area contributed by atoms with Crippen LogP contribution in [0.5, 0.6) is 0 Å². The van der Waals surface area contributed by atoms with Crippen molar-refractivity contribution in [2.45, 2.75) is 71.1 Å². The number of halogens is 3. The Morgan fingerprint density at radius 2 is 1.93 bits per heavy atom. The van der Waals surface area contributed by atoms with Crippen LogP contribution >= 0.6 is 23.2 Å². The number of piperidine rings is 1. The van der Waals surface area contributed by atoms with E-state index >= 15 is 0 Å². The molecule has 3 aliphatic rings. The summed E-state index contributed by atoms with van der Waals surface area (Å²) in [5.41, 5.74) is 1.21. The van der Waals surface area contributed by atoms with Gasteiger partial charge >= 0.3 is 10.2 Å². The number of piperazine rings is 1. The van der Waals surface area contributed by atoms with Gasteiger partial charge in [-0.2, -0.15) is 8.42 Å². The van der Waals surface area contributed by atoms with Crippen LogP contribution in [0.1, 0.15) is 52.0 Å². The Morgan fingerprint density at radius 1 is 1.16 bits per heavy atom. The van der Waals surface area contributed by atoms with Crippen molar-refractivity contribution < 1.29 is 12.8 Å². The maximum absolute atomic E-state index is 14.3. The van der Waals surface area contributed by atoms with E-state index in [-0.39, 0.29) is 23.5 Å². The van der Waals surface area contributed by atoms with Crippen molar-refractivity contribution in [2.24, 2.45) is 9.39 Å². The molecule has 234 valence electrons. The number of aliphatic imine (C=N–C) groups is 1. The molecule has 14 heteroatoms. The van der Waals surface area contributed by atoms with Crippen LogP contribution in [0.25, 0.3) is 0 Å². The predicted octanol–water partition coefficient (Wildman–Crippen LogP) is 4.95. The van der Waals surface area contributed by atoms with Gasteiger partial charge in [0.15, 0.2) is 11.7 Å². The second kappa shape index (κ2) is 13.6. The van der Waals surface area contributed by atoms with Crippen molar-refractivity contribution in [3.8, 4) is 0 Å². The van der Waals surface area contributed by atoms with Crippen LogP contribution in [0.15, 0.2) is 39.9 Å². The maximum atomic E-state index is 14.3. The van der Waals surface area contributed by atoms with Gasteiger partial charge in [0.25, 0.3) is 0 Å². The Kier molecular flexibility index (Phi) is 10.1. The smallest absolute Gasteiger partial charge is 0.345 e. The third-order valence-electron chi connectivity index (χ3n) is 8.02. The molecule has 2 saturated heterocycles. The quantitative estimate of drug-likeness (QED) is 0.416. The number of anilines is 2. The minimum atomic E-state index is -3.84. The summed E-state index contributed by atoms with van der Waals surface area (Å²) >= 11 is 12.7. The average molecular weight is 654 g/mol. The van der Waals surface area contributed by atoms with E-state index in [0.717, 1.165) is 58.4 Å². The predicted molar refractivity (Wildman–Crippen MR) is 172 cm³/mol. The molecule has 4 heterocycles. The second-order valence-corrected chi connectivity index (χ2v) is 13.8. The first-order valence-corrected chi connectivity index (χ1v) is 17.0. The number of aromatic nitrogens is 1. The Labute approximate surface area is 263 Å². The number of nitrogens with one attached hydrogen (secondary N) is 2. The Morgan fingerprint density at radius 3 is 2.60 bits per heavy atom. The molecule has 10 nitrogen and oxygen atoms in total. The van der Waals surface area contributed by atoms with Gasteiger partial charge in [-0.25, -0.2) is 14.1 Å². The molecule has 2 aromatic rings. The molecule has 0 radical (unpaired) electrons. The van der Waals surface area contributed by atoms with Crippen LogP contribution < -0.4 is 14.9 Å². The fourth-order valence-corrected chi connectivity index (χ4v) is 7.34. The summed E-state index contributed by atoms with van der Waals surface area (Å²) in [6.45, 7) is 10.9. The average Bonchev–Trinajstić information content (AvgIpc) is 3.22. The van der Waals surface area contributed by atoms with E-state index in [1.165, 1.54) is 6.07 Å². The van der Waals surface area contributed by atoms with E-state index in [1.807, 2.05) is 13.8 Å². The number of likely N-dealkylation sites (tertiary alicyclic amines) is 1. The zero-order valence-corrected chi connectivity index (χ0v) is 27.1. The SMILES string of the molecule is CCC[C@H]1CN(c2ncc(NC3=NS(=O)(=O)NC3=NC(C)C)cc2Cl)CCN1C1CCN(Cc2ccc(Cl)cc2F)CC1. The molecule has 1 aromatic heterocycles. The fraction of sp³-hybridized carbons (Fsp3) is 0.552. The van der Waals surface area contributed by atoms with Crippen LogP contribution in [0.4, 0.5) is 15.9 Å². The molecule has 2 N–H and O–H groups in total. The molecule has 5 rings (SSSR count). The fourth-order valence-electron chi connectivity index (χ4n) is 6.09. The molecule has 3 aliphatic heterocycles.